The number of aliphatic hydroxyl groups is 1. The zero-order chi connectivity index (χ0) is 33.5. The zero-order valence-corrected chi connectivity index (χ0v) is 25.7. The third-order valence-corrected chi connectivity index (χ3v) is 8.26. The maximum absolute atomic E-state index is 13.4. The highest BCUT2D eigenvalue weighted by Crippen LogP contribution is 2.40. The van der Waals surface area contributed by atoms with Gasteiger partial charge in [-0.1, -0.05) is 36.4 Å². The zero-order valence-electron chi connectivity index (χ0n) is 25.7. The Morgan fingerprint density at radius 2 is 0.878 bits per heavy atom. The molecule has 2 heterocycles. The van der Waals surface area contributed by atoms with Gasteiger partial charge in [-0.05, 0) is 109 Å². The first-order valence-electron chi connectivity index (χ1n) is 15.5. The normalized spacial score (nSPS) is 14.9. The molecular weight excluding hydrogens is 620 g/mol. The van der Waals surface area contributed by atoms with Crippen molar-refractivity contribution in [2.75, 3.05) is 9.80 Å². The molecule has 6 aromatic rings. The predicted octanol–water partition coefficient (Wildman–Crippen LogP) is 8.52. The molecule has 0 saturated carbocycles. The van der Waals surface area contributed by atoms with Crippen LogP contribution in [0.1, 0.15) is 42.9 Å². The van der Waals surface area contributed by atoms with Crippen molar-refractivity contribution in [2.24, 2.45) is 0 Å². The number of ether oxygens (including phenoxy) is 3. The van der Waals surface area contributed by atoms with E-state index in [4.69, 9.17) is 14.2 Å². The summed E-state index contributed by atoms with van der Waals surface area (Å²) >= 11 is 0. The number of amides is 3. The number of nitrogens with zero attached hydrogens (tertiary/aromatic N) is 2. The Kier molecular flexibility index (Phi) is 7.36. The van der Waals surface area contributed by atoms with Gasteiger partial charge in [-0.2, -0.15) is 0 Å². The van der Waals surface area contributed by atoms with Crippen LogP contribution < -0.4 is 24.0 Å². The average molecular weight is 647 g/mol. The molecule has 238 valence electrons. The molecule has 8 rings (SSSR count). The Balaban J connectivity index is 0.971. The van der Waals surface area contributed by atoms with Crippen molar-refractivity contribution in [2.45, 2.75) is 6.23 Å². The lowest BCUT2D eigenvalue weighted by Crippen LogP contribution is -2.29. The standard InChI is InChI=1S/C40H26N2O7/c43-37-33-21-19-31(23-35(33)39(45)41(37)25-11-15-29(16-12-25)47-27-7-3-1-4-8-27)49-32-20-22-34-36(24-32)40(46)42(38(34)44)26-13-17-30(18-14-26)48-28-9-5-2-6-10-28/h1-24,39,45H. The van der Waals surface area contributed by atoms with Crippen molar-refractivity contribution >= 4 is 29.1 Å². The Hall–Kier alpha value is -6.71. The molecule has 1 N–H and O–H groups in total. The van der Waals surface area contributed by atoms with Crippen LogP contribution >= 0.6 is 0 Å². The van der Waals surface area contributed by atoms with Gasteiger partial charge in [0.15, 0.2) is 6.23 Å². The van der Waals surface area contributed by atoms with Gasteiger partial charge < -0.3 is 19.3 Å². The molecule has 0 saturated heterocycles. The summed E-state index contributed by atoms with van der Waals surface area (Å²) in [5.41, 5.74) is 2.10. The number of imide groups is 1. The third-order valence-electron chi connectivity index (χ3n) is 8.26. The highest BCUT2D eigenvalue weighted by Gasteiger charge is 2.38. The molecule has 1 atom stereocenters. The molecule has 0 aromatic heterocycles. The van der Waals surface area contributed by atoms with Crippen LogP contribution in [0, 0.1) is 0 Å². The molecule has 0 spiro atoms. The number of anilines is 2. The topological polar surface area (TPSA) is 106 Å². The van der Waals surface area contributed by atoms with Gasteiger partial charge >= 0.3 is 0 Å². The van der Waals surface area contributed by atoms with E-state index in [1.54, 1.807) is 78.9 Å². The molecular formula is C40H26N2O7. The second-order valence-electron chi connectivity index (χ2n) is 11.4. The van der Waals surface area contributed by atoms with E-state index in [-0.39, 0.29) is 17.0 Å². The number of rotatable bonds is 8. The van der Waals surface area contributed by atoms with Crippen molar-refractivity contribution in [1.82, 2.24) is 0 Å². The van der Waals surface area contributed by atoms with E-state index in [0.717, 1.165) is 4.90 Å². The molecule has 2 aliphatic heterocycles. The Morgan fingerprint density at radius 3 is 1.47 bits per heavy atom. The number of hydrogen-bond donors (Lipinski definition) is 1. The first-order chi connectivity index (χ1) is 23.9. The highest BCUT2D eigenvalue weighted by atomic mass is 16.5. The summed E-state index contributed by atoms with van der Waals surface area (Å²) in [6.07, 6.45) is -1.25. The van der Waals surface area contributed by atoms with Crippen LogP contribution in [0.15, 0.2) is 146 Å². The summed E-state index contributed by atoms with van der Waals surface area (Å²) in [4.78, 5) is 42.4. The quantitative estimate of drug-likeness (QED) is 0.165. The summed E-state index contributed by atoms with van der Waals surface area (Å²) < 4.78 is 17.7. The van der Waals surface area contributed by atoms with E-state index < -0.39 is 18.0 Å². The van der Waals surface area contributed by atoms with E-state index >= 15 is 0 Å². The second-order valence-corrected chi connectivity index (χ2v) is 11.4. The van der Waals surface area contributed by atoms with Crippen LogP contribution in [0.2, 0.25) is 0 Å². The molecule has 0 radical (unpaired) electrons. The SMILES string of the molecule is O=C1c2ccc(Oc3ccc4c(c3)C(O)N(c3ccc(Oc5ccccc5)cc3)C4=O)cc2C(=O)N1c1ccc(Oc2ccccc2)cc1. The molecule has 49 heavy (non-hydrogen) atoms. The van der Waals surface area contributed by atoms with Gasteiger partial charge in [-0.3, -0.25) is 19.3 Å². The van der Waals surface area contributed by atoms with E-state index in [0.29, 0.717) is 57.0 Å². The summed E-state index contributed by atoms with van der Waals surface area (Å²) in [6.45, 7) is 0. The summed E-state index contributed by atoms with van der Waals surface area (Å²) in [5, 5.41) is 11.2. The largest absolute Gasteiger partial charge is 0.457 e. The van der Waals surface area contributed by atoms with E-state index in [2.05, 4.69) is 0 Å². The monoisotopic (exact) mass is 646 g/mol. The van der Waals surface area contributed by atoms with Crippen LogP contribution in [-0.2, 0) is 0 Å². The molecule has 9 heteroatoms. The fraction of sp³-hybridized carbons (Fsp3) is 0.0250. The number of carbonyl (C=O) groups excluding carboxylic acids is 3. The van der Waals surface area contributed by atoms with Gasteiger partial charge in [0, 0.05) is 16.8 Å². The van der Waals surface area contributed by atoms with Gasteiger partial charge in [0.25, 0.3) is 17.7 Å². The van der Waals surface area contributed by atoms with Gasteiger partial charge in [-0.25, -0.2) is 4.90 Å². The molecule has 6 aromatic carbocycles. The molecule has 0 fully saturated rings. The summed E-state index contributed by atoms with van der Waals surface area (Å²) in [5.74, 6) is 1.91. The van der Waals surface area contributed by atoms with Crippen LogP contribution in [0.4, 0.5) is 11.4 Å². The van der Waals surface area contributed by atoms with Crippen molar-refractivity contribution in [3.63, 3.8) is 0 Å². The minimum Gasteiger partial charge on any atom is -0.457 e. The maximum Gasteiger partial charge on any atom is 0.266 e. The summed E-state index contributed by atoms with van der Waals surface area (Å²) in [6, 6.07) is 41.7. The number of carbonyl (C=O) groups is 3. The molecule has 0 aliphatic carbocycles. The van der Waals surface area contributed by atoms with Crippen LogP contribution in [-0.4, -0.2) is 22.8 Å². The molecule has 1 unspecified atom stereocenters. The van der Waals surface area contributed by atoms with Gasteiger partial charge in [0.1, 0.15) is 34.5 Å². The van der Waals surface area contributed by atoms with Gasteiger partial charge in [0.05, 0.1) is 16.8 Å². The van der Waals surface area contributed by atoms with Crippen LogP contribution in [0.3, 0.4) is 0 Å². The Morgan fingerprint density at radius 1 is 0.429 bits per heavy atom. The third kappa shape index (κ3) is 5.54. The number of fused-ring (bicyclic) bond motifs is 2. The van der Waals surface area contributed by atoms with Crippen molar-refractivity contribution in [3.05, 3.63) is 168 Å². The Bertz CT molecular complexity index is 2220. The Labute approximate surface area is 280 Å². The number of aliphatic hydroxyl groups excluding tert-OH is 1. The molecule has 9 nitrogen and oxygen atoms in total. The average Bonchev–Trinajstić information content (AvgIpc) is 3.53. The lowest BCUT2D eigenvalue weighted by molar-refractivity contribution is 0.0917. The second kappa shape index (κ2) is 12.1. The predicted molar refractivity (Wildman–Crippen MR) is 182 cm³/mol. The van der Waals surface area contributed by atoms with E-state index in [1.807, 2.05) is 60.7 Å². The number of hydrogen-bond acceptors (Lipinski definition) is 7. The first kappa shape index (κ1) is 29.7. The maximum atomic E-state index is 13.4. The number of para-hydroxylation sites is 2. The highest BCUT2D eigenvalue weighted by molar-refractivity contribution is 6.34. The van der Waals surface area contributed by atoms with E-state index in [1.165, 1.54) is 11.0 Å². The lowest BCUT2D eigenvalue weighted by atomic mass is 10.1. The van der Waals surface area contributed by atoms with Gasteiger partial charge in [0.2, 0.25) is 0 Å². The fourth-order valence-corrected chi connectivity index (χ4v) is 5.89. The summed E-state index contributed by atoms with van der Waals surface area (Å²) in [7, 11) is 0. The van der Waals surface area contributed by atoms with Crippen molar-refractivity contribution in [3.8, 4) is 34.5 Å². The fourth-order valence-electron chi connectivity index (χ4n) is 5.89. The van der Waals surface area contributed by atoms with Crippen LogP contribution in [0.5, 0.6) is 34.5 Å². The van der Waals surface area contributed by atoms with Gasteiger partial charge in [-0.15, -0.1) is 0 Å². The minimum absolute atomic E-state index is 0.203. The first-order valence-corrected chi connectivity index (χ1v) is 15.5. The van der Waals surface area contributed by atoms with Crippen LogP contribution in [0.25, 0.3) is 0 Å². The lowest BCUT2D eigenvalue weighted by Gasteiger charge is -2.21. The van der Waals surface area contributed by atoms with Crippen molar-refractivity contribution in [1.29, 1.82) is 0 Å². The molecule has 2 aliphatic rings. The molecule has 3 amide bonds. The number of benzene rings is 6. The smallest absolute Gasteiger partial charge is 0.266 e. The van der Waals surface area contributed by atoms with E-state index in [9.17, 15) is 19.5 Å². The molecule has 0 bridgehead atoms. The van der Waals surface area contributed by atoms with Crippen molar-refractivity contribution < 1.29 is 33.7 Å². The minimum atomic E-state index is -1.25.